The highest BCUT2D eigenvalue weighted by atomic mass is 16.5. The van der Waals surface area contributed by atoms with E-state index >= 15 is 0 Å². The lowest BCUT2D eigenvalue weighted by Gasteiger charge is -2.13. The lowest BCUT2D eigenvalue weighted by atomic mass is 10.1. The molecule has 1 atom stereocenters. The summed E-state index contributed by atoms with van der Waals surface area (Å²) < 4.78 is 7.47. The normalized spacial score (nSPS) is 12.4. The van der Waals surface area contributed by atoms with E-state index in [9.17, 15) is 0 Å². The summed E-state index contributed by atoms with van der Waals surface area (Å²) in [5.41, 5.74) is 2.08. The van der Waals surface area contributed by atoms with Crippen LogP contribution in [0.5, 0.6) is 11.8 Å². The van der Waals surface area contributed by atoms with Gasteiger partial charge < -0.3 is 10.1 Å². The first kappa shape index (κ1) is 13.5. The fraction of sp³-hybridized carbons (Fsp3) is 0.429. The van der Waals surface area contributed by atoms with Crippen LogP contribution in [0, 0.1) is 6.92 Å². The molecule has 0 radical (unpaired) electrons. The molecule has 0 aliphatic carbocycles. The van der Waals surface area contributed by atoms with Gasteiger partial charge in [0, 0.05) is 31.4 Å². The van der Waals surface area contributed by atoms with Crippen LogP contribution in [0.25, 0.3) is 0 Å². The van der Waals surface area contributed by atoms with Gasteiger partial charge in [-0.15, -0.1) is 0 Å². The van der Waals surface area contributed by atoms with Gasteiger partial charge in [0.25, 0.3) is 0 Å². The van der Waals surface area contributed by atoms with E-state index in [0.29, 0.717) is 11.8 Å². The van der Waals surface area contributed by atoms with Crippen molar-refractivity contribution >= 4 is 0 Å². The van der Waals surface area contributed by atoms with Crippen molar-refractivity contribution in [2.45, 2.75) is 26.8 Å². The van der Waals surface area contributed by atoms with Crippen LogP contribution in [0.3, 0.4) is 0 Å². The van der Waals surface area contributed by atoms with Crippen molar-refractivity contribution in [1.82, 2.24) is 20.1 Å². The Labute approximate surface area is 113 Å². The molecule has 2 rings (SSSR count). The van der Waals surface area contributed by atoms with Gasteiger partial charge >= 0.3 is 0 Å². The largest absolute Gasteiger partial charge is 0.421 e. The maximum atomic E-state index is 5.76. The second-order valence-corrected chi connectivity index (χ2v) is 4.56. The smallest absolute Gasteiger partial charge is 0.221 e. The summed E-state index contributed by atoms with van der Waals surface area (Å²) in [6.07, 6.45) is 1.77. The van der Waals surface area contributed by atoms with Crippen LogP contribution >= 0.6 is 0 Å². The van der Waals surface area contributed by atoms with E-state index in [1.807, 2.05) is 32.2 Å². The molecule has 0 amide bonds. The number of hydrogen-bond acceptors (Lipinski definition) is 4. The molecule has 0 spiro atoms. The Balaban J connectivity index is 2.17. The molecule has 5 nitrogen and oxygen atoms in total. The van der Waals surface area contributed by atoms with Crippen LogP contribution in [0.4, 0.5) is 0 Å². The monoisotopic (exact) mass is 260 g/mol. The van der Waals surface area contributed by atoms with E-state index < -0.39 is 0 Å². The second-order valence-electron chi connectivity index (χ2n) is 4.56. The van der Waals surface area contributed by atoms with Crippen molar-refractivity contribution in [3.05, 3.63) is 35.7 Å². The molecule has 5 heteroatoms. The van der Waals surface area contributed by atoms with Gasteiger partial charge in [0.2, 0.25) is 11.8 Å². The van der Waals surface area contributed by atoms with Gasteiger partial charge in [-0.2, -0.15) is 5.10 Å². The van der Waals surface area contributed by atoms with Gasteiger partial charge in [0.1, 0.15) is 0 Å². The van der Waals surface area contributed by atoms with Gasteiger partial charge in [-0.1, -0.05) is 6.92 Å². The van der Waals surface area contributed by atoms with Gasteiger partial charge in [0.05, 0.1) is 5.69 Å². The number of hydrogen-bond donors (Lipinski definition) is 1. The molecule has 0 aliphatic rings. The van der Waals surface area contributed by atoms with Crippen molar-refractivity contribution < 1.29 is 4.74 Å². The van der Waals surface area contributed by atoms with Crippen LogP contribution in [0.15, 0.2) is 24.4 Å². The molecule has 2 heterocycles. The van der Waals surface area contributed by atoms with Crippen LogP contribution in [0.1, 0.15) is 31.1 Å². The fourth-order valence-corrected chi connectivity index (χ4v) is 1.96. The maximum Gasteiger partial charge on any atom is 0.221 e. The van der Waals surface area contributed by atoms with E-state index in [0.717, 1.165) is 17.8 Å². The third kappa shape index (κ3) is 3.32. The van der Waals surface area contributed by atoms with Crippen molar-refractivity contribution in [1.29, 1.82) is 0 Å². The maximum absolute atomic E-state index is 5.76. The summed E-state index contributed by atoms with van der Waals surface area (Å²) in [6.45, 7) is 7.08. The number of pyridine rings is 1. The van der Waals surface area contributed by atoms with Gasteiger partial charge in [-0.05, 0) is 32.0 Å². The number of ether oxygens (including phenoxy) is 1. The zero-order valence-corrected chi connectivity index (χ0v) is 11.8. The fourth-order valence-electron chi connectivity index (χ4n) is 1.96. The van der Waals surface area contributed by atoms with Crippen molar-refractivity contribution in [2.24, 2.45) is 7.05 Å². The van der Waals surface area contributed by atoms with Crippen molar-refractivity contribution in [2.75, 3.05) is 6.54 Å². The Bertz CT molecular complexity index is 550. The van der Waals surface area contributed by atoms with Crippen LogP contribution < -0.4 is 10.1 Å². The molecule has 2 aromatic heterocycles. The lowest BCUT2D eigenvalue weighted by Crippen LogP contribution is -2.17. The molecular weight excluding hydrogens is 240 g/mol. The molecule has 0 fully saturated rings. The zero-order chi connectivity index (χ0) is 13.8. The predicted molar refractivity (Wildman–Crippen MR) is 74.3 cm³/mol. The first-order chi connectivity index (χ1) is 9.10. The Morgan fingerprint density at radius 1 is 1.42 bits per heavy atom. The standard InChI is InChI=1S/C14H20N4O/c1-5-15-11(3)12-6-7-16-13(9-12)19-14-8-10(2)17-18(14)4/h6-9,11,15H,5H2,1-4H3. The summed E-state index contributed by atoms with van der Waals surface area (Å²) in [6, 6.07) is 6.12. The van der Waals surface area contributed by atoms with E-state index in [2.05, 4.69) is 29.2 Å². The average Bonchev–Trinajstić information content (AvgIpc) is 2.68. The van der Waals surface area contributed by atoms with Crippen molar-refractivity contribution in [3.8, 4) is 11.8 Å². The van der Waals surface area contributed by atoms with E-state index in [4.69, 9.17) is 4.74 Å². The minimum Gasteiger partial charge on any atom is -0.421 e. The molecule has 0 aromatic carbocycles. The Kier molecular flexibility index (Phi) is 4.16. The van der Waals surface area contributed by atoms with Crippen LogP contribution in [-0.2, 0) is 7.05 Å². The van der Waals surface area contributed by atoms with Gasteiger partial charge in [-0.25, -0.2) is 9.67 Å². The van der Waals surface area contributed by atoms with Gasteiger partial charge in [0.15, 0.2) is 0 Å². The average molecular weight is 260 g/mol. The minimum absolute atomic E-state index is 0.281. The highest BCUT2D eigenvalue weighted by molar-refractivity contribution is 5.27. The summed E-state index contributed by atoms with van der Waals surface area (Å²) in [7, 11) is 1.85. The highest BCUT2D eigenvalue weighted by Crippen LogP contribution is 2.22. The molecule has 1 unspecified atom stereocenters. The van der Waals surface area contributed by atoms with Crippen LogP contribution in [-0.4, -0.2) is 21.3 Å². The molecule has 0 aliphatic heterocycles. The van der Waals surface area contributed by atoms with Gasteiger partial charge in [-0.3, -0.25) is 0 Å². The van der Waals surface area contributed by atoms with E-state index in [1.165, 1.54) is 0 Å². The molecule has 19 heavy (non-hydrogen) atoms. The number of nitrogens with zero attached hydrogens (tertiary/aromatic N) is 3. The molecule has 0 bridgehead atoms. The molecular formula is C14H20N4O. The van der Waals surface area contributed by atoms with Crippen molar-refractivity contribution in [3.63, 3.8) is 0 Å². The molecule has 0 saturated carbocycles. The molecule has 0 saturated heterocycles. The number of aryl methyl sites for hydroxylation is 2. The second kappa shape index (κ2) is 5.84. The number of rotatable bonds is 5. The third-order valence-electron chi connectivity index (χ3n) is 2.94. The Hall–Kier alpha value is -1.88. The summed E-state index contributed by atoms with van der Waals surface area (Å²) in [4.78, 5) is 4.24. The summed E-state index contributed by atoms with van der Waals surface area (Å²) >= 11 is 0. The Morgan fingerprint density at radius 2 is 2.21 bits per heavy atom. The molecule has 102 valence electrons. The summed E-state index contributed by atoms with van der Waals surface area (Å²) in [5, 5.41) is 7.61. The predicted octanol–water partition coefficient (Wildman–Crippen LogP) is 2.59. The minimum atomic E-state index is 0.281. The number of nitrogens with one attached hydrogen (secondary N) is 1. The first-order valence-electron chi connectivity index (χ1n) is 6.48. The topological polar surface area (TPSA) is 52.0 Å². The first-order valence-corrected chi connectivity index (χ1v) is 6.48. The zero-order valence-electron chi connectivity index (χ0n) is 11.8. The highest BCUT2D eigenvalue weighted by Gasteiger charge is 2.08. The SMILES string of the molecule is CCNC(C)c1ccnc(Oc2cc(C)nn2C)c1. The molecule has 1 N–H and O–H groups in total. The lowest BCUT2D eigenvalue weighted by molar-refractivity contribution is 0.414. The van der Waals surface area contributed by atoms with Crippen LogP contribution in [0.2, 0.25) is 0 Å². The quantitative estimate of drug-likeness (QED) is 0.897. The van der Waals surface area contributed by atoms with E-state index in [-0.39, 0.29) is 6.04 Å². The van der Waals surface area contributed by atoms with E-state index in [1.54, 1.807) is 10.9 Å². The number of aromatic nitrogens is 3. The Morgan fingerprint density at radius 3 is 2.84 bits per heavy atom. The third-order valence-corrected chi connectivity index (χ3v) is 2.94. The molecule has 2 aromatic rings. The summed E-state index contributed by atoms with van der Waals surface area (Å²) in [5.74, 6) is 1.28.